The predicted molar refractivity (Wildman–Crippen MR) is 49.0 cm³/mol. The van der Waals surface area contributed by atoms with E-state index in [1.54, 1.807) is 0 Å². The highest BCUT2D eigenvalue weighted by Gasteiger charge is 2.08. The zero-order valence-corrected chi connectivity index (χ0v) is 8.36. The van der Waals surface area contributed by atoms with E-state index in [0.29, 0.717) is 0 Å². The molecule has 0 atom stereocenters. The Morgan fingerprint density at radius 2 is 1.62 bits per heavy atom. The summed E-state index contributed by atoms with van der Waals surface area (Å²) in [6.45, 7) is 4.47. The van der Waals surface area contributed by atoms with E-state index in [4.69, 9.17) is 25.0 Å². The molecule has 6 nitrogen and oxygen atoms in total. The lowest BCUT2D eigenvalue weighted by molar-refractivity contribution is 0.275. The van der Waals surface area contributed by atoms with Crippen molar-refractivity contribution in [3.63, 3.8) is 0 Å². The second kappa shape index (κ2) is 6.48. The molecule has 0 aromatic rings. The van der Waals surface area contributed by atoms with Crippen molar-refractivity contribution >= 4 is 7.82 Å². The lowest BCUT2D eigenvalue weighted by atomic mass is 10.4. The van der Waals surface area contributed by atoms with Crippen LogP contribution in [-0.4, -0.2) is 45.8 Å². The lowest BCUT2D eigenvalue weighted by Crippen LogP contribution is -2.26. The predicted octanol–water partition coefficient (Wildman–Crippen LogP) is -0.888. The number of likely N-dealkylation sites (tertiary alicyclic amines) is 1. The topological polar surface area (TPSA) is 107 Å². The summed E-state index contributed by atoms with van der Waals surface area (Å²) in [5.74, 6) is 0. The maximum Gasteiger partial charge on any atom is 0.466 e. The molecule has 1 rings (SSSR count). The summed E-state index contributed by atoms with van der Waals surface area (Å²) >= 11 is 0. The summed E-state index contributed by atoms with van der Waals surface area (Å²) in [6, 6.07) is 0. The van der Waals surface area contributed by atoms with Gasteiger partial charge in [-0.25, -0.2) is 4.57 Å². The van der Waals surface area contributed by atoms with E-state index in [9.17, 15) is 0 Å². The third-order valence-electron chi connectivity index (χ3n) is 1.64. The van der Waals surface area contributed by atoms with Crippen molar-refractivity contribution in [1.82, 2.24) is 4.90 Å². The van der Waals surface area contributed by atoms with Crippen molar-refractivity contribution in [2.45, 2.75) is 12.8 Å². The zero-order valence-electron chi connectivity index (χ0n) is 7.46. The van der Waals surface area contributed by atoms with Crippen LogP contribution in [0.25, 0.3) is 0 Å². The van der Waals surface area contributed by atoms with E-state index in [1.807, 2.05) is 0 Å². The minimum absolute atomic E-state index is 0.819. The number of nitrogens with zero attached hydrogens (tertiary/aromatic N) is 1. The molecule has 0 aromatic carbocycles. The molecular formula is C6H17N2O4P. The number of nitrogens with two attached hydrogens (primary N) is 1. The Bertz CT molecular complexity index is 158. The van der Waals surface area contributed by atoms with Crippen molar-refractivity contribution in [2.24, 2.45) is 5.73 Å². The Morgan fingerprint density at radius 3 is 1.92 bits per heavy atom. The minimum Gasteiger partial charge on any atom is -0.329 e. The van der Waals surface area contributed by atoms with Gasteiger partial charge in [-0.1, -0.05) is 0 Å². The Labute approximate surface area is 77.6 Å². The highest BCUT2D eigenvalue weighted by atomic mass is 31.2. The van der Waals surface area contributed by atoms with Gasteiger partial charge >= 0.3 is 7.82 Å². The van der Waals surface area contributed by atoms with Crippen LogP contribution in [0, 0.1) is 0 Å². The quantitative estimate of drug-likeness (QED) is 0.442. The Hall–Kier alpha value is 0.0300. The molecule has 1 saturated heterocycles. The molecule has 0 unspecified atom stereocenters. The molecule has 0 aromatic heterocycles. The number of hydrogen-bond acceptors (Lipinski definition) is 3. The van der Waals surface area contributed by atoms with Gasteiger partial charge in [0.05, 0.1) is 0 Å². The molecule has 5 N–H and O–H groups in total. The molecular weight excluding hydrogens is 195 g/mol. The summed E-state index contributed by atoms with van der Waals surface area (Å²) < 4.78 is 8.88. The molecule has 1 heterocycles. The molecule has 1 aliphatic rings. The van der Waals surface area contributed by atoms with Crippen molar-refractivity contribution in [1.29, 1.82) is 0 Å². The number of rotatable bonds is 2. The number of phosphoric acid groups is 1. The van der Waals surface area contributed by atoms with Crippen molar-refractivity contribution in [2.75, 3.05) is 26.2 Å². The fraction of sp³-hybridized carbons (Fsp3) is 1.00. The first kappa shape index (κ1) is 13.0. The molecule has 0 amide bonds. The standard InChI is InChI=1S/C6H14N2.H3O4P/c7-3-6-8-4-1-2-5-8;1-5(2,3)4/h1-7H2;(H3,1,2,3,4). The van der Waals surface area contributed by atoms with E-state index in [2.05, 4.69) is 4.90 Å². The first-order valence-corrected chi connectivity index (χ1v) is 5.70. The zero-order chi connectivity index (χ0) is 10.3. The molecule has 80 valence electrons. The first-order valence-electron chi connectivity index (χ1n) is 4.14. The van der Waals surface area contributed by atoms with Gasteiger partial charge in [0.25, 0.3) is 0 Å². The van der Waals surface area contributed by atoms with Gasteiger partial charge in [0.15, 0.2) is 0 Å². The van der Waals surface area contributed by atoms with Crippen molar-refractivity contribution in [3.8, 4) is 0 Å². The van der Waals surface area contributed by atoms with Crippen LogP contribution >= 0.6 is 7.82 Å². The van der Waals surface area contributed by atoms with Crippen LogP contribution in [0.3, 0.4) is 0 Å². The molecule has 1 aliphatic heterocycles. The van der Waals surface area contributed by atoms with Gasteiger partial charge in [-0.05, 0) is 25.9 Å². The van der Waals surface area contributed by atoms with Crippen LogP contribution in [-0.2, 0) is 4.57 Å². The molecule has 0 saturated carbocycles. The summed E-state index contributed by atoms with van der Waals surface area (Å²) in [6.07, 6.45) is 2.75. The third-order valence-corrected chi connectivity index (χ3v) is 1.64. The summed E-state index contributed by atoms with van der Waals surface area (Å²) in [7, 11) is -4.64. The normalized spacial score (nSPS) is 18.2. The molecule has 1 fully saturated rings. The fourth-order valence-electron chi connectivity index (χ4n) is 1.19. The molecule has 0 aliphatic carbocycles. The molecule has 13 heavy (non-hydrogen) atoms. The van der Waals surface area contributed by atoms with Gasteiger partial charge in [-0.3, -0.25) is 0 Å². The summed E-state index contributed by atoms with van der Waals surface area (Å²) in [5.41, 5.74) is 5.37. The van der Waals surface area contributed by atoms with Gasteiger partial charge < -0.3 is 25.3 Å². The Kier molecular flexibility index (Phi) is 6.49. The van der Waals surface area contributed by atoms with E-state index >= 15 is 0 Å². The smallest absolute Gasteiger partial charge is 0.329 e. The SMILES string of the molecule is NCCN1CCCC1.O=P(O)(O)O. The van der Waals surface area contributed by atoms with Gasteiger partial charge in [0, 0.05) is 13.1 Å². The molecule has 0 radical (unpaired) electrons. The van der Waals surface area contributed by atoms with Crippen LogP contribution in [0.2, 0.25) is 0 Å². The average molecular weight is 212 g/mol. The monoisotopic (exact) mass is 212 g/mol. The van der Waals surface area contributed by atoms with Gasteiger partial charge in [-0.2, -0.15) is 0 Å². The lowest BCUT2D eigenvalue weighted by Gasteiger charge is -2.11. The highest BCUT2D eigenvalue weighted by molar-refractivity contribution is 7.45. The van der Waals surface area contributed by atoms with E-state index in [0.717, 1.165) is 13.1 Å². The van der Waals surface area contributed by atoms with Gasteiger partial charge in [-0.15, -0.1) is 0 Å². The highest BCUT2D eigenvalue weighted by Crippen LogP contribution is 2.25. The average Bonchev–Trinajstić information content (AvgIpc) is 2.36. The fourth-order valence-corrected chi connectivity index (χ4v) is 1.19. The van der Waals surface area contributed by atoms with E-state index in [1.165, 1.54) is 25.9 Å². The van der Waals surface area contributed by atoms with Crippen LogP contribution < -0.4 is 5.73 Å². The largest absolute Gasteiger partial charge is 0.466 e. The Morgan fingerprint density at radius 1 is 1.23 bits per heavy atom. The van der Waals surface area contributed by atoms with Crippen LogP contribution in [0.1, 0.15) is 12.8 Å². The van der Waals surface area contributed by atoms with Gasteiger partial charge in [0.2, 0.25) is 0 Å². The maximum atomic E-state index is 8.88. The van der Waals surface area contributed by atoms with Crippen LogP contribution in [0.15, 0.2) is 0 Å². The first-order chi connectivity index (χ1) is 5.93. The third kappa shape index (κ3) is 12.0. The Balaban J connectivity index is 0.000000252. The van der Waals surface area contributed by atoms with E-state index in [-0.39, 0.29) is 0 Å². The second-order valence-corrected chi connectivity index (χ2v) is 3.88. The van der Waals surface area contributed by atoms with Crippen LogP contribution in [0.4, 0.5) is 0 Å². The molecule has 0 bridgehead atoms. The molecule has 7 heteroatoms. The minimum atomic E-state index is -4.64. The van der Waals surface area contributed by atoms with E-state index < -0.39 is 7.82 Å². The maximum absolute atomic E-state index is 8.88. The number of hydrogen-bond donors (Lipinski definition) is 4. The van der Waals surface area contributed by atoms with Crippen LogP contribution in [0.5, 0.6) is 0 Å². The van der Waals surface area contributed by atoms with Crippen molar-refractivity contribution in [3.05, 3.63) is 0 Å². The van der Waals surface area contributed by atoms with Gasteiger partial charge in [0.1, 0.15) is 0 Å². The summed E-state index contributed by atoms with van der Waals surface area (Å²) in [5, 5.41) is 0. The summed E-state index contributed by atoms with van der Waals surface area (Å²) in [4.78, 5) is 24.0. The second-order valence-electron chi connectivity index (χ2n) is 2.85. The van der Waals surface area contributed by atoms with Crippen molar-refractivity contribution < 1.29 is 19.2 Å². The molecule has 0 spiro atoms.